The van der Waals surface area contributed by atoms with E-state index in [0.717, 1.165) is 0 Å². The smallest absolute Gasteiger partial charge is 0.0273 e. The van der Waals surface area contributed by atoms with Gasteiger partial charge in [-0.25, -0.2) is 0 Å². The molecule has 120 valence electrons. The van der Waals surface area contributed by atoms with Crippen LogP contribution in [0.5, 0.6) is 0 Å². The number of nitrogens with zero attached hydrogens (tertiary/aromatic N) is 1. The van der Waals surface area contributed by atoms with Gasteiger partial charge in [-0.05, 0) is 58.0 Å². The molecule has 0 saturated carbocycles. The molecule has 0 aliphatic carbocycles. The summed E-state index contributed by atoms with van der Waals surface area (Å²) in [5.41, 5.74) is 8.75. The highest BCUT2D eigenvalue weighted by molar-refractivity contribution is 5.85. The van der Waals surface area contributed by atoms with Crippen LogP contribution in [0.2, 0.25) is 0 Å². The lowest BCUT2D eigenvalue weighted by Gasteiger charge is -2.13. The van der Waals surface area contributed by atoms with Gasteiger partial charge in [0.25, 0.3) is 0 Å². The average Bonchev–Trinajstić information content (AvgIpc) is 2.69. The summed E-state index contributed by atoms with van der Waals surface area (Å²) in [6.45, 7) is 2.17. The molecule has 0 atom stereocenters. The molecule has 0 radical (unpaired) electrons. The lowest BCUT2D eigenvalue weighted by Crippen LogP contribution is -1.88. The van der Waals surface area contributed by atoms with Crippen LogP contribution in [-0.4, -0.2) is 4.98 Å². The van der Waals surface area contributed by atoms with E-state index in [4.69, 9.17) is 0 Å². The molecule has 0 bridgehead atoms. The Bertz CT molecular complexity index is 986. The van der Waals surface area contributed by atoms with Gasteiger partial charge in [-0.2, -0.15) is 0 Å². The normalized spacial score (nSPS) is 10.6. The molecule has 0 unspecified atom stereocenters. The molecule has 4 rings (SSSR count). The summed E-state index contributed by atoms with van der Waals surface area (Å²) in [7, 11) is 0. The topological polar surface area (TPSA) is 12.9 Å². The van der Waals surface area contributed by atoms with Crippen LogP contribution in [0.25, 0.3) is 33.4 Å². The first-order valence-corrected chi connectivity index (χ1v) is 8.49. The number of hydrogen-bond acceptors (Lipinski definition) is 1. The van der Waals surface area contributed by atoms with Gasteiger partial charge in [0.1, 0.15) is 0 Å². The van der Waals surface area contributed by atoms with Crippen molar-refractivity contribution in [2.75, 3.05) is 0 Å². The minimum absolute atomic E-state index is 1.19. The van der Waals surface area contributed by atoms with Crippen LogP contribution in [0.4, 0.5) is 0 Å². The van der Waals surface area contributed by atoms with E-state index in [1.54, 1.807) is 0 Å². The quantitative estimate of drug-likeness (QED) is 0.426. The van der Waals surface area contributed by atoms with Crippen LogP contribution in [-0.2, 0) is 0 Å². The van der Waals surface area contributed by atoms with E-state index < -0.39 is 0 Å². The predicted molar refractivity (Wildman–Crippen MR) is 105 cm³/mol. The first-order chi connectivity index (χ1) is 12.3. The molecule has 0 aliphatic rings. The van der Waals surface area contributed by atoms with Gasteiger partial charge < -0.3 is 0 Å². The third-order valence-corrected chi connectivity index (χ3v) is 4.57. The Hall–Kier alpha value is -3.19. The lowest BCUT2D eigenvalue weighted by atomic mass is 9.91. The summed E-state index contributed by atoms with van der Waals surface area (Å²) in [6.07, 6.45) is 3.66. The van der Waals surface area contributed by atoms with E-state index in [0.29, 0.717) is 0 Å². The molecule has 0 amide bonds. The molecular formula is C24H19N. The Kier molecular flexibility index (Phi) is 4.14. The molecular weight excluding hydrogens is 302 g/mol. The maximum atomic E-state index is 4.09. The van der Waals surface area contributed by atoms with Crippen LogP contribution < -0.4 is 0 Å². The fourth-order valence-electron chi connectivity index (χ4n) is 3.23. The first-order valence-electron chi connectivity index (χ1n) is 8.49. The monoisotopic (exact) mass is 321 g/mol. The van der Waals surface area contributed by atoms with E-state index in [1.165, 1.54) is 38.9 Å². The molecule has 0 aliphatic heterocycles. The molecule has 1 nitrogen and oxygen atoms in total. The molecule has 1 aromatic heterocycles. The van der Waals surface area contributed by atoms with Gasteiger partial charge in [-0.1, -0.05) is 72.8 Å². The van der Waals surface area contributed by atoms with Crippen LogP contribution in [0.3, 0.4) is 0 Å². The van der Waals surface area contributed by atoms with E-state index in [9.17, 15) is 0 Å². The van der Waals surface area contributed by atoms with Crippen molar-refractivity contribution in [2.24, 2.45) is 0 Å². The van der Waals surface area contributed by atoms with Gasteiger partial charge in [0.15, 0.2) is 0 Å². The van der Waals surface area contributed by atoms with Crippen molar-refractivity contribution in [1.29, 1.82) is 0 Å². The van der Waals surface area contributed by atoms with Crippen LogP contribution in [0.1, 0.15) is 5.56 Å². The van der Waals surface area contributed by atoms with Crippen molar-refractivity contribution in [3.05, 3.63) is 103 Å². The maximum absolute atomic E-state index is 4.09. The molecule has 1 heteroatoms. The number of rotatable bonds is 3. The highest BCUT2D eigenvalue weighted by Gasteiger charge is 2.09. The minimum Gasteiger partial charge on any atom is -0.265 e. The van der Waals surface area contributed by atoms with Crippen molar-refractivity contribution in [3.8, 4) is 33.4 Å². The molecule has 0 spiro atoms. The van der Waals surface area contributed by atoms with Crippen molar-refractivity contribution in [1.82, 2.24) is 4.98 Å². The molecule has 1 heterocycles. The third kappa shape index (κ3) is 3.09. The van der Waals surface area contributed by atoms with Crippen molar-refractivity contribution in [2.45, 2.75) is 6.92 Å². The third-order valence-electron chi connectivity index (χ3n) is 4.57. The second-order valence-corrected chi connectivity index (χ2v) is 6.17. The second-order valence-electron chi connectivity index (χ2n) is 6.17. The molecule has 4 aromatic rings. The Labute approximate surface area is 148 Å². The second kappa shape index (κ2) is 6.74. The maximum Gasteiger partial charge on any atom is 0.0273 e. The summed E-state index contributed by atoms with van der Waals surface area (Å²) in [5, 5.41) is 0. The van der Waals surface area contributed by atoms with Crippen LogP contribution in [0, 0.1) is 6.92 Å². The van der Waals surface area contributed by atoms with Gasteiger partial charge >= 0.3 is 0 Å². The Morgan fingerprint density at radius 3 is 1.68 bits per heavy atom. The fraction of sp³-hybridized carbons (Fsp3) is 0.0417. The van der Waals surface area contributed by atoms with Crippen molar-refractivity contribution >= 4 is 0 Å². The number of pyridine rings is 1. The Balaban J connectivity index is 1.78. The largest absolute Gasteiger partial charge is 0.265 e. The lowest BCUT2D eigenvalue weighted by molar-refractivity contribution is 1.33. The SMILES string of the molecule is Cc1ccccc1-c1ccccc1-c1ccc(-c2ccncc2)cc1. The fourth-order valence-corrected chi connectivity index (χ4v) is 3.23. The van der Waals surface area contributed by atoms with E-state index in [1.807, 2.05) is 24.5 Å². The zero-order chi connectivity index (χ0) is 17.1. The van der Waals surface area contributed by atoms with E-state index in [-0.39, 0.29) is 0 Å². The van der Waals surface area contributed by atoms with Gasteiger partial charge in [0, 0.05) is 12.4 Å². The highest BCUT2D eigenvalue weighted by Crippen LogP contribution is 2.34. The summed E-state index contributed by atoms with van der Waals surface area (Å²) in [5.74, 6) is 0. The Morgan fingerprint density at radius 1 is 0.480 bits per heavy atom. The summed E-state index contributed by atoms with van der Waals surface area (Å²) in [4.78, 5) is 4.09. The van der Waals surface area contributed by atoms with Crippen LogP contribution >= 0.6 is 0 Å². The number of aryl methyl sites for hydroxylation is 1. The molecule has 0 fully saturated rings. The van der Waals surface area contributed by atoms with Crippen LogP contribution in [0.15, 0.2) is 97.3 Å². The predicted octanol–water partition coefficient (Wildman–Crippen LogP) is 6.39. The zero-order valence-electron chi connectivity index (χ0n) is 14.2. The first kappa shape index (κ1) is 15.3. The Morgan fingerprint density at radius 2 is 1.00 bits per heavy atom. The van der Waals surface area contributed by atoms with E-state index >= 15 is 0 Å². The van der Waals surface area contributed by atoms with Gasteiger partial charge in [0.05, 0.1) is 0 Å². The number of aromatic nitrogens is 1. The van der Waals surface area contributed by atoms with E-state index in [2.05, 4.69) is 84.7 Å². The van der Waals surface area contributed by atoms with Gasteiger partial charge in [-0.3, -0.25) is 4.98 Å². The average molecular weight is 321 g/mol. The number of benzene rings is 3. The summed E-state index contributed by atoms with van der Waals surface area (Å²) < 4.78 is 0. The van der Waals surface area contributed by atoms with Crippen molar-refractivity contribution < 1.29 is 0 Å². The standard InChI is InChI=1S/C24H19N/c1-18-6-2-3-7-22(18)24-9-5-4-8-23(24)21-12-10-19(11-13-21)20-14-16-25-17-15-20/h2-17H,1H3. The highest BCUT2D eigenvalue weighted by atomic mass is 14.6. The summed E-state index contributed by atoms with van der Waals surface area (Å²) in [6, 6.07) is 30.0. The molecule has 25 heavy (non-hydrogen) atoms. The molecule has 0 saturated heterocycles. The van der Waals surface area contributed by atoms with Crippen molar-refractivity contribution in [3.63, 3.8) is 0 Å². The van der Waals surface area contributed by atoms with Gasteiger partial charge in [0.2, 0.25) is 0 Å². The minimum atomic E-state index is 1.19. The molecule has 0 N–H and O–H groups in total. The zero-order valence-corrected chi connectivity index (χ0v) is 14.2. The van der Waals surface area contributed by atoms with Gasteiger partial charge in [-0.15, -0.1) is 0 Å². The molecule has 3 aromatic carbocycles. The number of hydrogen-bond donors (Lipinski definition) is 0. The summed E-state index contributed by atoms with van der Waals surface area (Å²) >= 11 is 0.